The molecule has 0 unspecified atom stereocenters. The van der Waals surface area contributed by atoms with E-state index in [1.54, 1.807) is 19.1 Å². The maximum Gasteiger partial charge on any atom is 0.325 e. The van der Waals surface area contributed by atoms with Crippen molar-refractivity contribution in [2.75, 3.05) is 6.61 Å². The van der Waals surface area contributed by atoms with Gasteiger partial charge in [0.2, 0.25) is 10.0 Å². The number of nitrogens with zero attached hydrogens (tertiary/aromatic N) is 2. The van der Waals surface area contributed by atoms with E-state index < -0.39 is 22.0 Å². The van der Waals surface area contributed by atoms with Crippen LogP contribution in [0.5, 0.6) is 0 Å². The van der Waals surface area contributed by atoms with Crippen molar-refractivity contribution in [1.82, 2.24) is 14.7 Å². The zero-order valence-electron chi connectivity index (χ0n) is 22.0. The van der Waals surface area contributed by atoms with E-state index in [2.05, 4.69) is 37.8 Å². The van der Waals surface area contributed by atoms with E-state index in [4.69, 9.17) is 4.74 Å². The lowest BCUT2D eigenvalue weighted by Crippen LogP contribution is -2.46. The van der Waals surface area contributed by atoms with Crippen LogP contribution in [0.15, 0.2) is 88.9 Å². The van der Waals surface area contributed by atoms with Crippen molar-refractivity contribution in [2.45, 2.75) is 37.8 Å². The van der Waals surface area contributed by atoms with Crippen LogP contribution in [-0.2, 0) is 37.3 Å². The van der Waals surface area contributed by atoms with E-state index in [1.807, 2.05) is 66.1 Å². The molecule has 4 rings (SSSR count). The second-order valence-corrected chi connectivity index (χ2v) is 11.9. The predicted octanol–water partition coefficient (Wildman–Crippen LogP) is 4.16. The highest BCUT2D eigenvalue weighted by atomic mass is 127. The standard InChI is InChI=1S/C29H29IN4O5S/c1-3-39-28(35)19-34-20(2)25(24-11-7-8-12-27(24)34)18-31-32-29(36)26(17-21-9-5-4-6-10-21)33-40(37,38)23-15-13-22(30)14-16-23/h4-16,18,26,33H,3,17,19H2,1-2H3,(H,32,36)/b31-18-/t26-/m0/s1. The number of para-hydroxylation sites is 1. The number of sulfonamides is 1. The van der Waals surface area contributed by atoms with Crippen LogP contribution in [0, 0.1) is 10.5 Å². The summed E-state index contributed by atoms with van der Waals surface area (Å²) in [6.07, 6.45) is 1.63. The molecule has 2 N–H and O–H groups in total. The number of fused-ring (bicyclic) bond motifs is 1. The second kappa shape index (κ2) is 13.2. The summed E-state index contributed by atoms with van der Waals surface area (Å²) >= 11 is 2.09. The third-order valence-corrected chi connectivity index (χ3v) is 8.47. The van der Waals surface area contributed by atoms with E-state index >= 15 is 0 Å². The minimum atomic E-state index is -3.98. The van der Waals surface area contributed by atoms with Gasteiger partial charge in [-0.2, -0.15) is 9.82 Å². The number of ether oxygens (including phenoxy) is 1. The molecule has 1 heterocycles. The molecule has 208 valence electrons. The van der Waals surface area contributed by atoms with Gasteiger partial charge in [-0.15, -0.1) is 0 Å². The number of nitrogens with one attached hydrogen (secondary N) is 2. The van der Waals surface area contributed by atoms with Gasteiger partial charge in [-0.25, -0.2) is 13.8 Å². The number of amides is 1. The Kier molecular flexibility index (Phi) is 9.71. The van der Waals surface area contributed by atoms with Gasteiger partial charge in [-0.05, 0) is 78.8 Å². The maximum absolute atomic E-state index is 13.3. The Labute approximate surface area is 246 Å². The molecule has 0 aliphatic rings. The third kappa shape index (κ3) is 7.14. The second-order valence-electron chi connectivity index (χ2n) is 8.96. The van der Waals surface area contributed by atoms with Crippen LogP contribution in [0.2, 0.25) is 0 Å². The van der Waals surface area contributed by atoms with Crippen LogP contribution in [0.3, 0.4) is 0 Å². The average molecular weight is 673 g/mol. The van der Waals surface area contributed by atoms with Gasteiger partial charge in [0.25, 0.3) is 5.91 Å². The van der Waals surface area contributed by atoms with Crippen LogP contribution in [-0.4, -0.2) is 43.7 Å². The summed E-state index contributed by atoms with van der Waals surface area (Å²) in [4.78, 5) is 25.5. The number of aromatic nitrogens is 1. The highest BCUT2D eigenvalue weighted by Crippen LogP contribution is 2.24. The third-order valence-electron chi connectivity index (χ3n) is 6.26. The van der Waals surface area contributed by atoms with Gasteiger partial charge >= 0.3 is 5.97 Å². The minimum Gasteiger partial charge on any atom is -0.465 e. The Morgan fingerprint density at radius 3 is 2.40 bits per heavy atom. The Morgan fingerprint density at radius 1 is 1.02 bits per heavy atom. The van der Waals surface area contributed by atoms with E-state index in [9.17, 15) is 18.0 Å². The van der Waals surface area contributed by atoms with Crippen LogP contribution in [0.25, 0.3) is 10.9 Å². The van der Waals surface area contributed by atoms with Crippen LogP contribution in [0.4, 0.5) is 0 Å². The zero-order chi connectivity index (χ0) is 28.7. The number of hydrogen-bond donors (Lipinski definition) is 2. The largest absolute Gasteiger partial charge is 0.465 e. The lowest BCUT2D eigenvalue weighted by molar-refractivity contribution is -0.143. The summed E-state index contributed by atoms with van der Waals surface area (Å²) in [5.41, 5.74) is 5.60. The smallest absolute Gasteiger partial charge is 0.325 e. The molecule has 11 heteroatoms. The molecule has 40 heavy (non-hydrogen) atoms. The van der Waals surface area contributed by atoms with E-state index in [-0.39, 0.29) is 30.4 Å². The monoisotopic (exact) mass is 672 g/mol. The fourth-order valence-corrected chi connectivity index (χ4v) is 5.86. The SMILES string of the molecule is CCOC(=O)Cn1c(C)c(/C=N\NC(=O)[C@H](Cc2ccccc2)NS(=O)(=O)c2ccc(I)cc2)c2ccccc21. The van der Waals surface area contributed by atoms with Crippen molar-refractivity contribution >= 4 is 61.6 Å². The Bertz CT molecular complexity index is 1630. The average Bonchev–Trinajstić information content (AvgIpc) is 3.19. The minimum absolute atomic E-state index is 0.0415. The first-order chi connectivity index (χ1) is 19.2. The van der Waals surface area contributed by atoms with Gasteiger partial charge in [0.1, 0.15) is 12.6 Å². The highest BCUT2D eigenvalue weighted by molar-refractivity contribution is 14.1. The highest BCUT2D eigenvalue weighted by Gasteiger charge is 2.26. The van der Waals surface area contributed by atoms with Crippen molar-refractivity contribution in [2.24, 2.45) is 5.10 Å². The van der Waals surface area contributed by atoms with Crippen molar-refractivity contribution in [3.05, 3.63) is 99.3 Å². The molecular weight excluding hydrogens is 643 g/mol. The van der Waals surface area contributed by atoms with Gasteiger partial charge in [0.05, 0.1) is 17.7 Å². The van der Waals surface area contributed by atoms with Crippen molar-refractivity contribution < 1.29 is 22.7 Å². The maximum atomic E-state index is 13.3. The molecule has 4 aromatic rings. The number of halogens is 1. The number of esters is 1. The molecule has 0 bridgehead atoms. The Hall–Kier alpha value is -3.55. The Balaban J connectivity index is 1.58. The van der Waals surface area contributed by atoms with E-state index in [0.29, 0.717) is 0 Å². The first kappa shape index (κ1) is 29.4. The summed E-state index contributed by atoms with van der Waals surface area (Å²) in [7, 11) is -3.98. The lowest BCUT2D eigenvalue weighted by Gasteiger charge is -2.17. The van der Waals surface area contributed by atoms with Crippen molar-refractivity contribution in [3.63, 3.8) is 0 Å². The van der Waals surface area contributed by atoms with Gasteiger partial charge in [-0.1, -0.05) is 48.5 Å². The number of hydrazone groups is 1. The van der Waals surface area contributed by atoms with Crippen LogP contribution < -0.4 is 10.1 Å². The Morgan fingerprint density at radius 2 is 1.70 bits per heavy atom. The molecule has 0 radical (unpaired) electrons. The van der Waals surface area contributed by atoms with Crippen molar-refractivity contribution in [1.29, 1.82) is 0 Å². The van der Waals surface area contributed by atoms with Crippen LogP contribution in [0.1, 0.15) is 23.7 Å². The molecule has 0 spiro atoms. The molecule has 0 saturated carbocycles. The summed E-state index contributed by atoms with van der Waals surface area (Å²) < 4.78 is 36.6. The van der Waals surface area contributed by atoms with Gasteiger partial charge in [-0.3, -0.25) is 9.59 Å². The molecule has 9 nitrogen and oxygen atoms in total. The van der Waals surface area contributed by atoms with Crippen LogP contribution >= 0.6 is 22.6 Å². The van der Waals surface area contributed by atoms with E-state index in [1.165, 1.54) is 18.3 Å². The van der Waals surface area contributed by atoms with Crippen molar-refractivity contribution in [3.8, 4) is 0 Å². The first-order valence-corrected chi connectivity index (χ1v) is 15.1. The summed E-state index contributed by atoms with van der Waals surface area (Å²) in [5.74, 6) is -0.964. The van der Waals surface area contributed by atoms with Gasteiger partial charge < -0.3 is 9.30 Å². The summed E-state index contributed by atoms with van der Waals surface area (Å²) in [6, 6.07) is 21.9. The molecule has 0 aliphatic carbocycles. The first-order valence-electron chi connectivity index (χ1n) is 12.6. The molecule has 0 aliphatic heterocycles. The van der Waals surface area contributed by atoms with Gasteiger partial charge in [0.15, 0.2) is 0 Å². The molecule has 0 fully saturated rings. The summed E-state index contributed by atoms with van der Waals surface area (Å²) in [6.45, 7) is 3.94. The number of carbonyl (C=O) groups is 2. The fourth-order valence-electron chi connectivity index (χ4n) is 4.31. The number of carbonyl (C=O) groups excluding carboxylic acids is 2. The quantitative estimate of drug-likeness (QED) is 0.107. The molecule has 1 amide bonds. The number of rotatable bonds is 11. The molecule has 3 aromatic carbocycles. The zero-order valence-corrected chi connectivity index (χ0v) is 25.0. The van der Waals surface area contributed by atoms with E-state index in [0.717, 1.165) is 31.3 Å². The molecule has 0 saturated heterocycles. The topological polar surface area (TPSA) is 119 Å². The summed E-state index contributed by atoms with van der Waals surface area (Å²) in [5, 5.41) is 5.02. The van der Waals surface area contributed by atoms with Gasteiger partial charge in [0, 0.05) is 25.7 Å². The lowest BCUT2D eigenvalue weighted by atomic mass is 10.1. The number of hydrogen-bond acceptors (Lipinski definition) is 6. The normalized spacial score (nSPS) is 12.5. The molecule has 1 aromatic heterocycles. The predicted molar refractivity (Wildman–Crippen MR) is 162 cm³/mol. The number of benzene rings is 3. The molecular formula is C29H29IN4O5S. The fraction of sp³-hybridized carbons (Fsp3) is 0.207. The molecule has 1 atom stereocenters.